The van der Waals surface area contributed by atoms with Crippen LogP contribution in [0.15, 0.2) is 58.7 Å². The number of nitro benzene ring substituents is 1. The Morgan fingerprint density at radius 3 is 2.72 bits per heavy atom. The zero-order valence-corrected chi connectivity index (χ0v) is 16.2. The molecule has 2 aromatic rings. The predicted octanol–water partition coefficient (Wildman–Crippen LogP) is 2.85. The Morgan fingerprint density at radius 2 is 2.00 bits per heavy atom. The number of nitrogens with zero attached hydrogens (tertiary/aromatic N) is 3. The van der Waals surface area contributed by atoms with Crippen molar-refractivity contribution in [1.82, 2.24) is 5.32 Å². The molecule has 2 N–H and O–H groups in total. The predicted molar refractivity (Wildman–Crippen MR) is 112 cm³/mol. The topological polar surface area (TPSA) is 126 Å². The van der Waals surface area contributed by atoms with Gasteiger partial charge in [-0.15, -0.1) is 5.10 Å². The van der Waals surface area contributed by atoms with E-state index in [1.807, 2.05) is 19.1 Å². The van der Waals surface area contributed by atoms with Gasteiger partial charge in [-0.1, -0.05) is 41.6 Å². The third-order valence-corrected chi connectivity index (χ3v) is 5.03. The van der Waals surface area contributed by atoms with E-state index in [0.717, 1.165) is 17.3 Å². The smallest absolute Gasteiger partial charge is 0.278 e. The van der Waals surface area contributed by atoms with E-state index < -0.39 is 10.2 Å². The highest BCUT2D eigenvalue weighted by atomic mass is 32.2. The maximum absolute atomic E-state index is 12.2. The van der Waals surface area contributed by atoms with Crippen LogP contribution < -0.4 is 10.6 Å². The Bertz CT molecular complexity index is 1000. The van der Waals surface area contributed by atoms with Gasteiger partial charge in [-0.05, 0) is 25.1 Å². The number of hydrogen-bond donors (Lipinski definition) is 2. The third kappa shape index (κ3) is 5.48. The van der Waals surface area contributed by atoms with Crippen LogP contribution in [0, 0.1) is 17.0 Å². The van der Waals surface area contributed by atoms with Crippen molar-refractivity contribution >= 4 is 46.3 Å². The van der Waals surface area contributed by atoms with Gasteiger partial charge in [0, 0.05) is 18.2 Å². The van der Waals surface area contributed by atoms with Gasteiger partial charge in [0.2, 0.25) is 11.8 Å². The lowest BCUT2D eigenvalue weighted by Crippen LogP contribution is -2.28. The van der Waals surface area contributed by atoms with Crippen molar-refractivity contribution in [1.29, 1.82) is 0 Å². The van der Waals surface area contributed by atoms with Crippen molar-refractivity contribution in [3.8, 4) is 0 Å². The molecule has 9 nitrogen and oxygen atoms in total. The molecule has 1 aliphatic heterocycles. The number of carbonyl (C=O) groups excluding carboxylic acids is 2. The Morgan fingerprint density at radius 1 is 1.28 bits per heavy atom. The lowest BCUT2D eigenvalue weighted by atomic mass is 10.2. The summed E-state index contributed by atoms with van der Waals surface area (Å²) in [6.45, 7) is 1.95. The fraction of sp³-hybridized carbons (Fsp3) is 0.158. The summed E-state index contributed by atoms with van der Waals surface area (Å²) in [7, 11) is 0. The minimum atomic E-state index is -0.625. The van der Waals surface area contributed by atoms with E-state index in [0.29, 0.717) is 11.3 Å². The first-order valence-corrected chi connectivity index (χ1v) is 9.49. The largest absolute Gasteiger partial charge is 0.326 e. The molecule has 0 saturated carbocycles. The van der Waals surface area contributed by atoms with E-state index in [2.05, 4.69) is 20.8 Å². The van der Waals surface area contributed by atoms with Crippen molar-refractivity contribution < 1.29 is 14.5 Å². The summed E-state index contributed by atoms with van der Waals surface area (Å²) < 4.78 is 0. The number of hydrogen-bond acceptors (Lipinski definition) is 7. The SMILES string of the molecule is Cc1ccc(NC(=O)CC2S/C(=N\N=Cc3ccccc3[N+](=O)[O-])NC2=O)cc1. The average molecular weight is 411 g/mol. The summed E-state index contributed by atoms with van der Waals surface area (Å²) in [6, 6.07) is 13.5. The van der Waals surface area contributed by atoms with Gasteiger partial charge < -0.3 is 10.6 Å². The molecule has 0 aromatic heterocycles. The van der Waals surface area contributed by atoms with Crippen LogP contribution in [0.1, 0.15) is 17.5 Å². The number of amidine groups is 1. The zero-order valence-electron chi connectivity index (χ0n) is 15.4. The van der Waals surface area contributed by atoms with Crippen molar-refractivity contribution in [3.05, 3.63) is 69.8 Å². The van der Waals surface area contributed by atoms with Crippen LogP contribution in [0.25, 0.3) is 0 Å². The first kappa shape index (κ1) is 20.2. The highest BCUT2D eigenvalue weighted by Crippen LogP contribution is 2.23. The van der Waals surface area contributed by atoms with Crippen molar-refractivity contribution in [2.45, 2.75) is 18.6 Å². The molecular weight excluding hydrogens is 394 g/mol. The number of nitro groups is 1. The quantitative estimate of drug-likeness (QED) is 0.429. The first-order valence-electron chi connectivity index (χ1n) is 8.61. The molecule has 2 aromatic carbocycles. The van der Waals surface area contributed by atoms with Crippen LogP contribution in [0.4, 0.5) is 11.4 Å². The number of benzene rings is 2. The third-order valence-electron chi connectivity index (χ3n) is 3.96. The molecule has 1 unspecified atom stereocenters. The Labute approximate surface area is 170 Å². The maximum atomic E-state index is 12.2. The summed E-state index contributed by atoms with van der Waals surface area (Å²) in [5.41, 5.74) is 1.94. The molecule has 29 heavy (non-hydrogen) atoms. The van der Waals surface area contributed by atoms with Gasteiger partial charge in [-0.2, -0.15) is 5.10 Å². The Kier molecular flexibility index (Phi) is 6.35. The molecule has 2 amide bonds. The zero-order chi connectivity index (χ0) is 20.8. The molecule has 1 fully saturated rings. The van der Waals surface area contributed by atoms with Gasteiger partial charge in [-0.3, -0.25) is 19.7 Å². The normalized spacial score (nSPS) is 17.5. The Balaban J connectivity index is 1.59. The molecular formula is C19H17N5O4S. The van der Waals surface area contributed by atoms with Crippen molar-refractivity contribution in [3.63, 3.8) is 0 Å². The van der Waals surface area contributed by atoms with Gasteiger partial charge in [0.25, 0.3) is 5.69 Å². The van der Waals surface area contributed by atoms with Crippen LogP contribution in [-0.4, -0.2) is 33.4 Å². The van der Waals surface area contributed by atoms with Crippen molar-refractivity contribution in [2.24, 2.45) is 10.2 Å². The van der Waals surface area contributed by atoms with E-state index in [4.69, 9.17) is 0 Å². The van der Waals surface area contributed by atoms with Crippen LogP contribution >= 0.6 is 11.8 Å². The number of rotatable bonds is 6. The van der Waals surface area contributed by atoms with E-state index in [9.17, 15) is 19.7 Å². The fourth-order valence-corrected chi connectivity index (χ4v) is 3.43. The van der Waals surface area contributed by atoms with Crippen LogP contribution in [0.3, 0.4) is 0 Å². The molecule has 10 heteroatoms. The molecule has 1 heterocycles. The molecule has 148 valence electrons. The van der Waals surface area contributed by atoms with Gasteiger partial charge in [-0.25, -0.2) is 0 Å². The minimum Gasteiger partial charge on any atom is -0.326 e. The second kappa shape index (κ2) is 9.11. The van der Waals surface area contributed by atoms with Gasteiger partial charge in [0.1, 0.15) is 5.25 Å². The number of para-hydroxylation sites is 1. The van der Waals surface area contributed by atoms with Gasteiger partial charge in [0.05, 0.1) is 16.7 Å². The number of amides is 2. The standard InChI is InChI=1S/C19H17N5O4S/c1-12-6-8-14(9-7-12)21-17(25)10-16-18(26)22-19(29-16)23-20-11-13-4-2-3-5-15(13)24(27)28/h2-9,11,16H,10H2,1H3,(H,21,25)(H,22,23,26). The molecule has 0 radical (unpaired) electrons. The van der Waals surface area contributed by atoms with Crippen LogP contribution in [0.5, 0.6) is 0 Å². The number of carbonyl (C=O) groups is 2. The fourth-order valence-electron chi connectivity index (χ4n) is 2.51. The van der Waals surface area contributed by atoms with E-state index in [1.165, 1.54) is 12.3 Å². The minimum absolute atomic E-state index is 0.0166. The summed E-state index contributed by atoms with van der Waals surface area (Å²) in [4.78, 5) is 34.7. The molecule has 3 rings (SSSR count). The molecule has 0 spiro atoms. The van der Waals surface area contributed by atoms with E-state index in [1.54, 1.807) is 30.3 Å². The number of thioether (sulfide) groups is 1. The number of nitrogens with one attached hydrogen (secondary N) is 2. The van der Waals surface area contributed by atoms with Gasteiger partial charge in [0.15, 0.2) is 5.17 Å². The average Bonchev–Trinajstić information content (AvgIpc) is 3.03. The van der Waals surface area contributed by atoms with E-state index in [-0.39, 0.29) is 29.1 Å². The summed E-state index contributed by atoms with van der Waals surface area (Å²) in [6.07, 6.45) is 1.23. The first-order chi connectivity index (χ1) is 13.9. The van der Waals surface area contributed by atoms with E-state index >= 15 is 0 Å². The number of aryl methyl sites for hydroxylation is 1. The molecule has 1 saturated heterocycles. The number of anilines is 1. The second-order valence-electron chi connectivity index (χ2n) is 6.18. The monoisotopic (exact) mass is 411 g/mol. The maximum Gasteiger partial charge on any atom is 0.278 e. The molecule has 1 aliphatic rings. The van der Waals surface area contributed by atoms with Crippen molar-refractivity contribution in [2.75, 3.05) is 5.32 Å². The highest BCUT2D eigenvalue weighted by Gasteiger charge is 2.32. The highest BCUT2D eigenvalue weighted by molar-refractivity contribution is 8.15. The summed E-state index contributed by atoms with van der Waals surface area (Å²) >= 11 is 1.09. The van der Waals surface area contributed by atoms with Crippen LogP contribution in [-0.2, 0) is 9.59 Å². The summed E-state index contributed by atoms with van der Waals surface area (Å²) in [5.74, 6) is -0.625. The lowest BCUT2D eigenvalue weighted by Gasteiger charge is -2.07. The Hall–Kier alpha value is -3.53. The van der Waals surface area contributed by atoms with Gasteiger partial charge >= 0.3 is 0 Å². The van der Waals surface area contributed by atoms with Crippen LogP contribution in [0.2, 0.25) is 0 Å². The molecule has 0 aliphatic carbocycles. The lowest BCUT2D eigenvalue weighted by molar-refractivity contribution is -0.385. The second-order valence-corrected chi connectivity index (χ2v) is 7.37. The summed E-state index contributed by atoms with van der Waals surface area (Å²) in [5, 5.41) is 23.6. The molecule has 0 bridgehead atoms. The molecule has 1 atom stereocenters.